The van der Waals surface area contributed by atoms with Gasteiger partial charge < -0.3 is 4.74 Å². The Labute approximate surface area is 216 Å². The third-order valence-electron chi connectivity index (χ3n) is 7.42. The van der Waals surface area contributed by atoms with Crippen molar-refractivity contribution in [2.75, 3.05) is 26.2 Å². The summed E-state index contributed by atoms with van der Waals surface area (Å²) in [4.78, 5) is 19.8. The first-order chi connectivity index (χ1) is 17.7. The van der Waals surface area contributed by atoms with Gasteiger partial charge in [-0.15, -0.1) is 10.2 Å². The quantitative estimate of drug-likeness (QED) is 0.375. The summed E-state index contributed by atoms with van der Waals surface area (Å²) in [5.74, 6) is 0. The van der Waals surface area contributed by atoms with Gasteiger partial charge in [0.25, 0.3) is 0 Å². The van der Waals surface area contributed by atoms with Crippen LogP contribution in [0.2, 0.25) is 0 Å². The molecule has 1 aliphatic heterocycles. The molecule has 0 amide bonds. The molecule has 0 aliphatic carbocycles. The number of aryl methyl sites for hydroxylation is 1. The van der Waals surface area contributed by atoms with Crippen molar-refractivity contribution in [3.8, 4) is 17.2 Å². The van der Waals surface area contributed by atoms with Crippen molar-refractivity contribution in [2.24, 2.45) is 12.5 Å². The number of pyridine rings is 1. The van der Waals surface area contributed by atoms with Crippen LogP contribution in [0, 0.1) is 16.7 Å². The fourth-order valence-electron chi connectivity index (χ4n) is 5.15. The van der Waals surface area contributed by atoms with Crippen LogP contribution in [-0.2, 0) is 11.8 Å². The second-order valence-corrected chi connectivity index (χ2v) is 10.6. The minimum atomic E-state index is -0.239. The summed E-state index contributed by atoms with van der Waals surface area (Å²) in [7, 11) is 1.73. The third-order valence-corrected chi connectivity index (χ3v) is 7.42. The van der Waals surface area contributed by atoms with Crippen molar-refractivity contribution >= 4 is 22.1 Å². The van der Waals surface area contributed by atoms with Gasteiger partial charge in [0.15, 0.2) is 5.65 Å². The van der Waals surface area contributed by atoms with E-state index in [-0.39, 0.29) is 23.3 Å². The zero-order chi connectivity index (χ0) is 26.3. The van der Waals surface area contributed by atoms with E-state index in [1.165, 1.54) is 0 Å². The number of hydrogen-bond donors (Lipinski definition) is 0. The monoisotopic (exact) mass is 499 g/mol. The number of ether oxygens (including phenoxy) is 1. The van der Waals surface area contributed by atoms with Crippen LogP contribution in [0.25, 0.3) is 33.2 Å². The van der Waals surface area contributed by atoms with Gasteiger partial charge in [-0.05, 0) is 64.4 Å². The Balaban J connectivity index is 1.34. The van der Waals surface area contributed by atoms with Crippen LogP contribution in [-0.4, -0.2) is 55.5 Å². The molecule has 192 valence electrons. The summed E-state index contributed by atoms with van der Waals surface area (Å²) in [6.07, 6.45) is 2.64. The molecule has 9 heteroatoms. The van der Waals surface area contributed by atoms with Crippen molar-refractivity contribution in [3.63, 3.8) is 0 Å². The lowest BCUT2D eigenvalue weighted by atomic mass is 9.92. The Morgan fingerprint density at radius 3 is 2.62 bits per heavy atom. The van der Waals surface area contributed by atoms with Gasteiger partial charge in [-0.3, -0.25) is 19.0 Å². The Bertz CT molecular complexity index is 1550. The average molecular weight is 500 g/mol. The van der Waals surface area contributed by atoms with Gasteiger partial charge in [0.2, 0.25) is 0 Å². The summed E-state index contributed by atoms with van der Waals surface area (Å²) in [5.41, 5.74) is 4.63. The van der Waals surface area contributed by atoms with E-state index in [0.717, 1.165) is 59.3 Å². The number of aromatic nitrogens is 5. The van der Waals surface area contributed by atoms with Gasteiger partial charge in [0, 0.05) is 43.3 Å². The van der Waals surface area contributed by atoms with Gasteiger partial charge in [0.05, 0.1) is 35.4 Å². The maximum Gasteiger partial charge on any atom is 0.330 e. The highest BCUT2D eigenvalue weighted by Gasteiger charge is 2.33. The second-order valence-electron chi connectivity index (χ2n) is 10.6. The van der Waals surface area contributed by atoms with E-state index in [2.05, 4.69) is 38.3 Å². The first-order valence-corrected chi connectivity index (χ1v) is 12.8. The van der Waals surface area contributed by atoms with Crippen LogP contribution in [0.4, 0.5) is 0 Å². The predicted molar refractivity (Wildman–Crippen MR) is 143 cm³/mol. The highest BCUT2D eigenvalue weighted by molar-refractivity contribution is 6.02. The van der Waals surface area contributed by atoms with Crippen LogP contribution in [0.15, 0.2) is 41.3 Å². The summed E-state index contributed by atoms with van der Waals surface area (Å²) >= 11 is 0. The van der Waals surface area contributed by atoms with E-state index in [4.69, 9.17) is 4.74 Å². The number of likely N-dealkylation sites (tertiary alicyclic amines) is 1. The van der Waals surface area contributed by atoms with Gasteiger partial charge in [0.1, 0.15) is 5.52 Å². The summed E-state index contributed by atoms with van der Waals surface area (Å²) in [5, 5.41) is 18.9. The molecule has 1 saturated heterocycles. The summed E-state index contributed by atoms with van der Waals surface area (Å²) in [6.45, 7) is 11.2. The van der Waals surface area contributed by atoms with E-state index in [1.54, 1.807) is 16.2 Å². The van der Waals surface area contributed by atoms with Crippen LogP contribution in [0.3, 0.4) is 0 Å². The highest BCUT2D eigenvalue weighted by Crippen LogP contribution is 2.30. The van der Waals surface area contributed by atoms with Gasteiger partial charge in [-0.25, -0.2) is 4.79 Å². The maximum atomic E-state index is 12.8. The highest BCUT2D eigenvalue weighted by atomic mass is 16.5. The first kappa shape index (κ1) is 25.1. The molecule has 0 spiro atoms. The number of fused-ring (bicyclic) bond motifs is 3. The molecule has 0 bridgehead atoms. The SMILES string of the molecule is CC(OCCN1CCC(C)(C#N)C1)c1ccc(-c2ccc3nnc4c(c3c2)n(C(C)C)c(=O)n4C)cn1. The lowest BCUT2D eigenvalue weighted by Gasteiger charge is -2.19. The number of imidazole rings is 1. The van der Waals surface area contributed by atoms with E-state index >= 15 is 0 Å². The number of nitrogens with zero attached hydrogens (tertiary/aromatic N) is 7. The second kappa shape index (κ2) is 9.69. The molecule has 4 heterocycles. The van der Waals surface area contributed by atoms with Crippen molar-refractivity contribution < 1.29 is 4.74 Å². The average Bonchev–Trinajstić information content (AvgIpc) is 3.41. The van der Waals surface area contributed by atoms with Crippen LogP contribution < -0.4 is 5.69 Å². The summed E-state index contributed by atoms with van der Waals surface area (Å²) < 4.78 is 9.39. The molecule has 0 saturated carbocycles. The molecular formula is C28H33N7O2. The Morgan fingerprint density at radius 2 is 1.95 bits per heavy atom. The van der Waals surface area contributed by atoms with Gasteiger partial charge >= 0.3 is 5.69 Å². The number of nitriles is 1. The smallest absolute Gasteiger partial charge is 0.330 e. The zero-order valence-electron chi connectivity index (χ0n) is 22.1. The zero-order valence-corrected chi connectivity index (χ0v) is 22.1. The Kier molecular flexibility index (Phi) is 6.56. The Hall–Kier alpha value is -3.61. The van der Waals surface area contributed by atoms with Crippen molar-refractivity contribution in [2.45, 2.75) is 46.3 Å². The molecule has 37 heavy (non-hydrogen) atoms. The van der Waals surface area contributed by atoms with Crippen molar-refractivity contribution in [1.29, 1.82) is 5.26 Å². The molecule has 2 unspecified atom stereocenters. The van der Waals surface area contributed by atoms with Gasteiger partial charge in [-0.2, -0.15) is 5.26 Å². The van der Waals surface area contributed by atoms with E-state index in [1.807, 2.05) is 52.1 Å². The largest absolute Gasteiger partial charge is 0.371 e. The molecule has 5 rings (SSSR count). The molecule has 2 atom stereocenters. The first-order valence-electron chi connectivity index (χ1n) is 12.8. The van der Waals surface area contributed by atoms with E-state index in [9.17, 15) is 10.1 Å². The number of rotatable bonds is 7. The normalized spacial score (nSPS) is 19.2. The Morgan fingerprint density at radius 1 is 1.16 bits per heavy atom. The molecule has 1 fully saturated rings. The minimum absolute atomic E-state index is 0.00368. The fraction of sp³-hybridized carbons (Fsp3) is 0.464. The fourth-order valence-corrected chi connectivity index (χ4v) is 5.15. The van der Waals surface area contributed by atoms with Crippen LogP contribution >= 0.6 is 0 Å². The molecule has 1 aliphatic rings. The van der Waals surface area contributed by atoms with Gasteiger partial charge in [-0.1, -0.05) is 12.1 Å². The number of benzene rings is 1. The molecule has 0 N–H and O–H groups in total. The third kappa shape index (κ3) is 4.63. The predicted octanol–water partition coefficient (Wildman–Crippen LogP) is 4.24. The van der Waals surface area contributed by atoms with Crippen molar-refractivity contribution in [1.82, 2.24) is 29.2 Å². The number of hydrogen-bond acceptors (Lipinski definition) is 7. The van der Waals surface area contributed by atoms with E-state index < -0.39 is 0 Å². The lowest BCUT2D eigenvalue weighted by Crippen LogP contribution is -2.28. The van der Waals surface area contributed by atoms with Crippen molar-refractivity contribution in [3.05, 3.63) is 52.7 Å². The van der Waals surface area contributed by atoms with Crippen LogP contribution in [0.1, 0.15) is 52.0 Å². The molecule has 3 aromatic heterocycles. The molecule has 0 radical (unpaired) electrons. The summed E-state index contributed by atoms with van der Waals surface area (Å²) in [6, 6.07) is 12.5. The molecule has 9 nitrogen and oxygen atoms in total. The maximum absolute atomic E-state index is 12.8. The van der Waals surface area contributed by atoms with E-state index in [0.29, 0.717) is 12.3 Å². The molecule has 1 aromatic carbocycles. The standard InChI is InChI=1S/C28H33N7O2/c1-18(2)35-25-22-14-20(6-9-24(22)31-32-26(25)33(5)27(35)36)21-7-8-23(30-15-21)19(3)37-13-12-34-11-10-28(4,16-29)17-34/h6-9,14-15,18-19H,10-13,17H2,1-5H3. The topological polar surface area (TPSA) is 102 Å². The lowest BCUT2D eigenvalue weighted by molar-refractivity contribution is 0.0482. The molecule has 4 aromatic rings. The molecular weight excluding hydrogens is 466 g/mol. The van der Waals surface area contributed by atoms with Crippen LogP contribution in [0.5, 0.6) is 0 Å². The minimum Gasteiger partial charge on any atom is -0.371 e.